The summed E-state index contributed by atoms with van der Waals surface area (Å²) in [6, 6.07) is 3.95. The number of rotatable bonds is 3. The van der Waals surface area contributed by atoms with Gasteiger partial charge >= 0.3 is 11.9 Å². The lowest BCUT2D eigenvalue weighted by molar-refractivity contribution is -0.124. The Balaban J connectivity index is 2.92. The van der Waals surface area contributed by atoms with Crippen LogP contribution in [0.1, 0.15) is 6.92 Å². The molecule has 0 bridgehead atoms. The minimum absolute atomic E-state index is 0.469. The van der Waals surface area contributed by atoms with Crippen LogP contribution < -0.4 is 5.32 Å². The van der Waals surface area contributed by atoms with E-state index < -0.39 is 17.7 Å². The van der Waals surface area contributed by atoms with Gasteiger partial charge in [-0.15, -0.1) is 0 Å². The molecule has 88 valence electrons. The summed E-state index contributed by atoms with van der Waals surface area (Å²) in [5.74, 6) is -1.09. The minimum Gasteiger partial charge on any atom is -0.318 e. The molecule has 0 spiro atoms. The number of benzene rings is 1. The van der Waals surface area contributed by atoms with Crippen molar-refractivity contribution >= 4 is 49.2 Å². The highest BCUT2D eigenvalue weighted by atomic mass is 79.9. The summed E-state index contributed by atoms with van der Waals surface area (Å²) in [7, 11) is 0. The number of halogens is 2. The number of carbonyl (C=O) groups excluding carboxylic acids is 2. The Morgan fingerprint density at radius 1 is 1.41 bits per heavy atom. The zero-order chi connectivity index (χ0) is 13.0. The third-order valence-electron chi connectivity index (χ3n) is 1.95. The number of carbonyl (C=O) groups is 2. The Labute approximate surface area is 115 Å². The first-order chi connectivity index (χ1) is 7.95. The topological polar surface area (TPSA) is 50.5 Å². The summed E-state index contributed by atoms with van der Waals surface area (Å²) < 4.78 is 1.47. The van der Waals surface area contributed by atoms with Gasteiger partial charge in [-0.2, -0.15) is 0 Å². The molecule has 1 aromatic carbocycles. The molecule has 1 aromatic rings. The maximum absolute atomic E-state index is 11.7. The van der Waals surface area contributed by atoms with Gasteiger partial charge in [0.25, 0.3) is 0 Å². The molecule has 0 fully saturated rings. The molecule has 1 atom stereocenters. The SMILES string of the molecule is [C-]#[N+]C(C(C)=O)C(=O)Nc1cc(Br)ccc1Br. The lowest BCUT2D eigenvalue weighted by atomic mass is 10.2. The zero-order valence-electron chi connectivity index (χ0n) is 8.83. The fourth-order valence-electron chi connectivity index (χ4n) is 1.13. The number of nitrogens with one attached hydrogen (secondary N) is 1. The van der Waals surface area contributed by atoms with E-state index in [9.17, 15) is 9.59 Å². The highest BCUT2D eigenvalue weighted by molar-refractivity contribution is 9.11. The number of ketones is 1. The predicted molar refractivity (Wildman–Crippen MR) is 71.5 cm³/mol. The molecule has 0 heterocycles. The van der Waals surface area contributed by atoms with E-state index in [4.69, 9.17) is 6.57 Å². The molecular formula is C11H8Br2N2O2. The van der Waals surface area contributed by atoms with Crippen molar-refractivity contribution in [3.8, 4) is 0 Å². The van der Waals surface area contributed by atoms with Crippen molar-refractivity contribution in [1.29, 1.82) is 0 Å². The van der Waals surface area contributed by atoms with E-state index in [0.29, 0.717) is 10.2 Å². The van der Waals surface area contributed by atoms with Crippen molar-refractivity contribution in [3.63, 3.8) is 0 Å². The van der Waals surface area contributed by atoms with Crippen molar-refractivity contribution in [3.05, 3.63) is 38.6 Å². The van der Waals surface area contributed by atoms with Crippen LogP contribution in [0.3, 0.4) is 0 Å². The molecule has 0 saturated heterocycles. The monoisotopic (exact) mass is 358 g/mol. The van der Waals surface area contributed by atoms with Crippen LogP contribution in [-0.4, -0.2) is 17.7 Å². The van der Waals surface area contributed by atoms with Gasteiger partial charge in [0.1, 0.15) is 0 Å². The van der Waals surface area contributed by atoms with Crippen LogP contribution in [0.2, 0.25) is 0 Å². The summed E-state index contributed by atoms with van der Waals surface area (Å²) in [4.78, 5) is 25.7. The van der Waals surface area contributed by atoms with Crippen LogP contribution >= 0.6 is 31.9 Å². The molecule has 1 amide bonds. The number of hydrogen-bond donors (Lipinski definition) is 1. The lowest BCUT2D eigenvalue weighted by Crippen LogP contribution is -2.30. The molecule has 1 N–H and O–H groups in total. The molecule has 0 aliphatic rings. The summed E-state index contributed by atoms with van der Waals surface area (Å²) in [6.07, 6.45) is 0. The van der Waals surface area contributed by atoms with Gasteiger partial charge in [-0.1, -0.05) is 15.9 Å². The van der Waals surface area contributed by atoms with E-state index in [2.05, 4.69) is 42.0 Å². The van der Waals surface area contributed by atoms with Crippen LogP contribution in [-0.2, 0) is 9.59 Å². The molecule has 17 heavy (non-hydrogen) atoms. The maximum atomic E-state index is 11.7. The third-order valence-corrected chi connectivity index (χ3v) is 3.13. The van der Waals surface area contributed by atoms with Gasteiger partial charge in [-0.05, 0) is 34.1 Å². The van der Waals surface area contributed by atoms with Crippen LogP contribution in [0.4, 0.5) is 5.69 Å². The molecule has 4 nitrogen and oxygen atoms in total. The predicted octanol–water partition coefficient (Wildman–Crippen LogP) is 3.03. The van der Waals surface area contributed by atoms with Crippen molar-refractivity contribution in [2.24, 2.45) is 0 Å². The Kier molecular flexibility index (Phi) is 4.85. The number of nitrogens with zero attached hydrogens (tertiary/aromatic N) is 1. The average Bonchev–Trinajstić information content (AvgIpc) is 2.24. The van der Waals surface area contributed by atoms with Crippen LogP contribution in [0.15, 0.2) is 27.1 Å². The van der Waals surface area contributed by atoms with Gasteiger partial charge in [0, 0.05) is 15.9 Å². The minimum atomic E-state index is -1.29. The van der Waals surface area contributed by atoms with Crippen molar-refractivity contribution in [2.45, 2.75) is 13.0 Å². The Morgan fingerprint density at radius 3 is 2.59 bits per heavy atom. The number of hydrogen-bond acceptors (Lipinski definition) is 2. The van der Waals surface area contributed by atoms with Gasteiger partial charge in [-0.25, -0.2) is 6.57 Å². The second-order valence-corrected chi connectivity index (χ2v) is 5.03. The average molecular weight is 360 g/mol. The van der Waals surface area contributed by atoms with Crippen molar-refractivity contribution in [2.75, 3.05) is 5.32 Å². The van der Waals surface area contributed by atoms with E-state index >= 15 is 0 Å². The first kappa shape index (κ1) is 13.9. The van der Waals surface area contributed by atoms with E-state index in [1.54, 1.807) is 18.2 Å². The summed E-state index contributed by atoms with van der Waals surface area (Å²) in [5.41, 5.74) is 0.513. The Bertz CT molecular complexity index is 509. The third kappa shape index (κ3) is 3.65. The zero-order valence-corrected chi connectivity index (χ0v) is 12.0. The Morgan fingerprint density at radius 2 is 2.06 bits per heavy atom. The molecule has 6 heteroatoms. The summed E-state index contributed by atoms with van der Waals surface area (Å²) >= 11 is 6.54. The molecule has 0 aliphatic heterocycles. The van der Waals surface area contributed by atoms with E-state index in [-0.39, 0.29) is 0 Å². The van der Waals surface area contributed by atoms with Gasteiger partial charge in [0.05, 0.1) is 5.69 Å². The van der Waals surface area contributed by atoms with Crippen LogP contribution in [0, 0.1) is 6.57 Å². The molecule has 0 aliphatic carbocycles. The standard InChI is InChI=1S/C11H8Br2N2O2/c1-6(16)10(14-2)11(17)15-9-5-7(12)3-4-8(9)13/h3-5,10H,1H3,(H,15,17). The van der Waals surface area contributed by atoms with E-state index in [0.717, 1.165) is 4.47 Å². The summed E-state index contributed by atoms with van der Waals surface area (Å²) in [5, 5.41) is 2.53. The Hall–Kier alpha value is -1.19. The number of anilines is 1. The van der Waals surface area contributed by atoms with Crippen molar-refractivity contribution < 1.29 is 9.59 Å². The smallest absolute Gasteiger partial charge is 0.318 e. The maximum Gasteiger partial charge on any atom is 0.357 e. The fraction of sp³-hybridized carbons (Fsp3) is 0.182. The second kappa shape index (κ2) is 5.94. The van der Waals surface area contributed by atoms with Gasteiger partial charge in [0.15, 0.2) is 0 Å². The highest BCUT2D eigenvalue weighted by Gasteiger charge is 2.29. The molecular weight excluding hydrogens is 352 g/mol. The molecule has 1 unspecified atom stereocenters. The number of Topliss-reactive ketones (excluding diaryl/α,β-unsaturated/α-hetero) is 1. The normalized spacial score (nSPS) is 11.4. The van der Waals surface area contributed by atoms with Gasteiger partial charge < -0.3 is 5.32 Å². The van der Waals surface area contributed by atoms with Crippen LogP contribution in [0.5, 0.6) is 0 Å². The lowest BCUT2D eigenvalue weighted by Gasteiger charge is -2.07. The summed E-state index contributed by atoms with van der Waals surface area (Å²) in [6.45, 7) is 8.03. The molecule has 1 rings (SSSR count). The fourth-order valence-corrected chi connectivity index (χ4v) is 1.84. The molecule has 0 saturated carbocycles. The van der Waals surface area contributed by atoms with E-state index in [1.165, 1.54) is 6.92 Å². The number of amides is 1. The first-order valence-corrected chi connectivity index (χ1v) is 6.17. The van der Waals surface area contributed by atoms with Crippen LogP contribution in [0.25, 0.3) is 4.85 Å². The second-order valence-electron chi connectivity index (χ2n) is 3.26. The quantitative estimate of drug-likeness (QED) is 0.666. The van der Waals surface area contributed by atoms with Gasteiger partial charge in [-0.3, -0.25) is 14.4 Å². The highest BCUT2D eigenvalue weighted by Crippen LogP contribution is 2.26. The molecule has 0 aromatic heterocycles. The largest absolute Gasteiger partial charge is 0.357 e. The first-order valence-electron chi connectivity index (χ1n) is 4.58. The van der Waals surface area contributed by atoms with E-state index in [1.807, 2.05) is 0 Å². The van der Waals surface area contributed by atoms with Crippen molar-refractivity contribution in [1.82, 2.24) is 0 Å². The van der Waals surface area contributed by atoms with Gasteiger partial charge in [0.2, 0.25) is 5.78 Å². The molecule has 0 radical (unpaired) electrons.